The molecule has 2 aliphatic heterocycles. The van der Waals surface area contributed by atoms with Gasteiger partial charge in [0.05, 0.1) is 29.6 Å². The Balaban J connectivity index is 1.22. The average Bonchev–Trinajstić information content (AvgIpc) is 2.78. The van der Waals surface area contributed by atoms with Gasteiger partial charge in [-0.3, -0.25) is 9.80 Å². The molecular weight excluding hydrogens is 424 g/mol. The Morgan fingerprint density at radius 3 is 2.16 bits per heavy atom. The van der Waals surface area contributed by atoms with Crippen LogP contribution in [-0.4, -0.2) is 76.2 Å². The molecule has 0 radical (unpaired) electrons. The predicted molar refractivity (Wildman–Crippen MR) is 123 cm³/mol. The Kier molecular flexibility index (Phi) is 7.55. The van der Waals surface area contributed by atoms with E-state index in [1.54, 1.807) is 24.3 Å². The van der Waals surface area contributed by atoms with Crippen LogP contribution in [0.2, 0.25) is 0 Å². The fourth-order valence-corrected chi connectivity index (χ4v) is 5.48. The van der Waals surface area contributed by atoms with Crippen molar-refractivity contribution in [2.75, 3.05) is 45.8 Å². The van der Waals surface area contributed by atoms with E-state index in [2.05, 4.69) is 44.9 Å². The quantitative estimate of drug-likeness (QED) is 0.620. The van der Waals surface area contributed by atoms with Crippen LogP contribution in [0.15, 0.2) is 59.5 Å². The number of hydrogen-bond acceptors (Lipinski definition) is 6. The summed E-state index contributed by atoms with van der Waals surface area (Å²) in [6.45, 7) is 5.53. The molecule has 2 aromatic rings. The SMILES string of the molecule is N#CCc1ccc(S(=O)(=O)NCCN2CC3CN(CCc4ccccc4)CC(C2)O3)cc1. The third-order valence-corrected chi connectivity index (χ3v) is 7.51. The molecule has 8 heteroatoms. The lowest BCUT2D eigenvalue weighted by Crippen LogP contribution is -2.60. The monoisotopic (exact) mass is 454 g/mol. The molecule has 2 bridgehead atoms. The highest BCUT2D eigenvalue weighted by Gasteiger charge is 2.34. The number of morpholine rings is 2. The lowest BCUT2D eigenvalue weighted by Gasteiger charge is -2.46. The van der Waals surface area contributed by atoms with Crippen molar-refractivity contribution >= 4 is 10.0 Å². The molecule has 170 valence electrons. The molecule has 2 aliphatic rings. The van der Waals surface area contributed by atoms with Crippen LogP contribution in [0.1, 0.15) is 11.1 Å². The van der Waals surface area contributed by atoms with Crippen LogP contribution in [-0.2, 0) is 27.6 Å². The van der Waals surface area contributed by atoms with Gasteiger partial charge in [0.1, 0.15) is 0 Å². The number of sulfonamides is 1. The molecule has 0 amide bonds. The highest BCUT2D eigenvalue weighted by Crippen LogP contribution is 2.19. The minimum Gasteiger partial charge on any atom is -0.370 e. The van der Waals surface area contributed by atoms with Crippen LogP contribution in [0.4, 0.5) is 0 Å². The number of nitriles is 1. The summed E-state index contributed by atoms with van der Waals surface area (Å²) in [7, 11) is -3.55. The van der Waals surface area contributed by atoms with E-state index in [-0.39, 0.29) is 23.5 Å². The van der Waals surface area contributed by atoms with E-state index in [9.17, 15) is 8.42 Å². The Labute approximate surface area is 190 Å². The minimum atomic E-state index is -3.55. The van der Waals surface area contributed by atoms with E-state index in [1.165, 1.54) is 5.56 Å². The molecular formula is C24H30N4O3S. The summed E-state index contributed by atoms with van der Waals surface area (Å²) >= 11 is 0. The topological polar surface area (TPSA) is 85.7 Å². The number of nitrogens with zero attached hydrogens (tertiary/aromatic N) is 3. The molecule has 32 heavy (non-hydrogen) atoms. The zero-order valence-electron chi connectivity index (χ0n) is 18.2. The second-order valence-corrected chi connectivity index (χ2v) is 10.3. The highest BCUT2D eigenvalue weighted by molar-refractivity contribution is 7.89. The van der Waals surface area contributed by atoms with Crippen LogP contribution >= 0.6 is 0 Å². The number of hydrogen-bond donors (Lipinski definition) is 1. The normalized spacial score (nSPS) is 21.8. The molecule has 2 heterocycles. The van der Waals surface area contributed by atoms with Gasteiger partial charge in [-0.25, -0.2) is 13.1 Å². The first-order valence-corrected chi connectivity index (χ1v) is 12.6. The van der Waals surface area contributed by atoms with E-state index in [4.69, 9.17) is 10.00 Å². The maximum absolute atomic E-state index is 12.5. The number of fused-ring (bicyclic) bond motifs is 2. The van der Waals surface area contributed by atoms with Gasteiger partial charge in [0.2, 0.25) is 10.0 Å². The molecule has 4 rings (SSSR count). The molecule has 2 fully saturated rings. The summed E-state index contributed by atoms with van der Waals surface area (Å²) in [5.41, 5.74) is 2.17. The molecule has 2 aromatic carbocycles. The number of nitrogens with one attached hydrogen (secondary N) is 1. The van der Waals surface area contributed by atoms with Crippen LogP contribution in [0.3, 0.4) is 0 Å². The van der Waals surface area contributed by atoms with Gasteiger partial charge in [0, 0.05) is 45.8 Å². The van der Waals surface area contributed by atoms with Crippen LogP contribution in [0, 0.1) is 11.3 Å². The van der Waals surface area contributed by atoms with Crippen molar-refractivity contribution in [3.8, 4) is 6.07 Å². The first kappa shape index (κ1) is 22.9. The van der Waals surface area contributed by atoms with Crippen molar-refractivity contribution < 1.29 is 13.2 Å². The van der Waals surface area contributed by atoms with Crippen LogP contribution in [0.5, 0.6) is 0 Å². The van der Waals surface area contributed by atoms with Crippen molar-refractivity contribution in [2.45, 2.75) is 29.9 Å². The zero-order valence-corrected chi connectivity index (χ0v) is 19.0. The summed E-state index contributed by atoms with van der Waals surface area (Å²) < 4.78 is 33.9. The minimum absolute atomic E-state index is 0.169. The second-order valence-electron chi connectivity index (χ2n) is 8.51. The Morgan fingerprint density at radius 1 is 0.906 bits per heavy atom. The van der Waals surface area contributed by atoms with E-state index in [0.717, 1.165) is 44.7 Å². The molecule has 1 N–H and O–H groups in total. The van der Waals surface area contributed by atoms with Gasteiger partial charge in [-0.1, -0.05) is 42.5 Å². The summed E-state index contributed by atoms with van der Waals surface area (Å²) in [5, 5.41) is 8.74. The number of rotatable bonds is 9. The maximum atomic E-state index is 12.5. The molecule has 0 spiro atoms. The fourth-order valence-electron chi connectivity index (χ4n) is 4.46. The number of ether oxygens (including phenoxy) is 1. The molecule has 0 saturated carbocycles. The van der Waals surface area contributed by atoms with E-state index in [0.29, 0.717) is 13.1 Å². The van der Waals surface area contributed by atoms with E-state index in [1.807, 2.05) is 6.07 Å². The van der Waals surface area contributed by atoms with Crippen molar-refractivity contribution in [1.82, 2.24) is 14.5 Å². The fraction of sp³-hybridized carbons (Fsp3) is 0.458. The van der Waals surface area contributed by atoms with E-state index >= 15 is 0 Å². The zero-order chi connectivity index (χ0) is 22.4. The van der Waals surface area contributed by atoms with Crippen LogP contribution < -0.4 is 4.72 Å². The summed E-state index contributed by atoms with van der Waals surface area (Å²) in [6, 6.07) is 19.1. The summed E-state index contributed by atoms with van der Waals surface area (Å²) in [6.07, 6.45) is 1.66. The van der Waals surface area contributed by atoms with E-state index < -0.39 is 10.0 Å². The third kappa shape index (κ3) is 6.15. The van der Waals surface area contributed by atoms with Crippen molar-refractivity contribution in [3.05, 3.63) is 65.7 Å². The lowest BCUT2D eigenvalue weighted by molar-refractivity contribution is -0.137. The van der Waals surface area contributed by atoms with Gasteiger partial charge in [-0.05, 0) is 29.7 Å². The Hall–Kier alpha value is -2.28. The first-order valence-electron chi connectivity index (χ1n) is 11.1. The van der Waals surface area contributed by atoms with Crippen molar-refractivity contribution in [1.29, 1.82) is 5.26 Å². The lowest BCUT2D eigenvalue weighted by atomic mass is 10.1. The highest BCUT2D eigenvalue weighted by atomic mass is 32.2. The van der Waals surface area contributed by atoms with Gasteiger partial charge < -0.3 is 4.74 Å². The largest absolute Gasteiger partial charge is 0.370 e. The maximum Gasteiger partial charge on any atom is 0.240 e. The Morgan fingerprint density at radius 2 is 1.53 bits per heavy atom. The number of benzene rings is 2. The molecule has 0 aliphatic carbocycles. The van der Waals surface area contributed by atoms with Gasteiger partial charge in [0.25, 0.3) is 0 Å². The Bertz CT molecular complexity index is 1010. The summed E-state index contributed by atoms with van der Waals surface area (Å²) in [4.78, 5) is 5.01. The van der Waals surface area contributed by atoms with Crippen molar-refractivity contribution in [2.24, 2.45) is 0 Å². The van der Waals surface area contributed by atoms with Gasteiger partial charge in [-0.2, -0.15) is 5.26 Å². The van der Waals surface area contributed by atoms with Gasteiger partial charge >= 0.3 is 0 Å². The van der Waals surface area contributed by atoms with Gasteiger partial charge in [-0.15, -0.1) is 0 Å². The first-order chi connectivity index (χ1) is 15.5. The molecule has 2 unspecified atom stereocenters. The predicted octanol–water partition coefficient (Wildman–Crippen LogP) is 1.66. The molecule has 2 saturated heterocycles. The molecule has 7 nitrogen and oxygen atoms in total. The van der Waals surface area contributed by atoms with Crippen molar-refractivity contribution in [3.63, 3.8) is 0 Å². The van der Waals surface area contributed by atoms with Gasteiger partial charge in [0.15, 0.2) is 0 Å². The standard InChI is InChI=1S/C24H30N4O3S/c25-12-10-21-6-8-24(9-7-21)32(29,30)26-13-15-28-18-22-16-27(17-23(19-28)31-22)14-11-20-4-2-1-3-5-20/h1-9,22-23,26H,10-11,13-19H2. The molecule has 0 aromatic heterocycles. The van der Waals surface area contributed by atoms with Crippen LogP contribution in [0.25, 0.3) is 0 Å². The second kappa shape index (κ2) is 10.6. The smallest absolute Gasteiger partial charge is 0.240 e. The third-order valence-electron chi connectivity index (χ3n) is 6.03. The average molecular weight is 455 g/mol. The summed E-state index contributed by atoms with van der Waals surface area (Å²) in [5.74, 6) is 0. The molecule has 2 atom stereocenters.